The monoisotopic (exact) mass is 300 g/mol. The van der Waals surface area contributed by atoms with E-state index in [1.54, 1.807) is 0 Å². The van der Waals surface area contributed by atoms with Crippen LogP contribution in [-0.2, 0) is 11.2 Å². The van der Waals surface area contributed by atoms with E-state index in [4.69, 9.17) is 0 Å². The van der Waals surface area contributed by atoms with Gasteiger partial charge in [-0.05, 0) is 36.8 Å². The molecule has 2 N–H and O–H groups in total. The lowest BCUT2D eigenvalue weighted by Gasteiger charge is -2.05. The number of fused-ring (bicyclic) bond motifs is 1. The molecule has 0 spiro atoms. The Bertz CT molecular complexity index is 658. The van der Waals surface area contributed by atoms with Crippen molar-refractivity contribution in [1.82, 2.24) is 10.3 Å². The number of benzene rings is 1. The summed E-state index contributed by atoms with van der Waals surface area (Å²) in [4.78, 5) is 15.0. The molecule has 1 amide bonds. The number of carbonyl (C=O) groups excluding carboxylic acids is 1. The molecule has 2 rings (SSSR count). The first-order valence-corrected chi connectivity index (χ1v) is 7.90. The van der Waals surface area contributed by atoms with Gasteiger partial charge >= 0.3 is 0 Å². The predicted octanol–water partition coefficient (Wildman–Crippen LogP) is 4.34. The normalized spacial score (nSPS) is 11.1. The van der Waals surface area contributed by atoms with E-state index in [-0.39, 0.29) is 5.91 Å². The number of hydrogen-bond acceptors (Lipinski definition) is 2. The summed E-state index contributed by atoms with van der Waals surface area (Å²) in [7, 11) is 0. The first-order valence-electron chi connectivity index (χ1n) is 7.02. The van der Waals surface area contributed by atoms with Crippen molar-refractivity contribution in [1.29, 1.82) is 0 Å². The Kier molecular flexibility index (Phi) is 5.69. The highest BCUT2D eigenvalue weighted by atomic mass is 32.2. The topological polar surface area (TPSA) is 44.9 Å². The molecule has 0 saturated carbocycles. The Morgan fingerprint density at radius 3 is 3.05 bits per heavy atom. The van der Waals surface area contributed by atoms with Crippen molar-refractivity contribution < 1.29 is 4.79 Å². The average Bonchev–Trinajstić information content (AvgIpc) is 2.88. The molecule has 0 unspecified atom stereocenters. The largest absolute Gasteiger partial charge is 0.361 e. The Morgan fingerprint density at radius 2 is 2.24 bits per heavy atom. The number of aromatic amines is 1. The molecule has 1 aromatic heterocycles. The second kappa shape index (κ2) is 7.74. The number of amides is 1. The van der Waals surface area contributed by atoms with Gasteiger partial charge in [-0.15, -0.1) is 0 Å². The van der Waals surface area contributed by atoms with Crippen LogP contribution in [0.1, 0.15) is 25.3 Å². The van der Waals surface area contributed by atoms with E-state index in [0.29, 0.717) is 11.4 Å². The Morgan fingerprint density at radius 1 is 1.43 bits per heavy atom. The third kappa shape index (κ3) is 4.53. The minimum absolute atomic E-state index is 0.0249. The summed E-state index contributed by atoms with van der Waals surface area (Å²) in [6.07, 6.45) is 6.18. The lowest BCUT2D eigenvalue weighted by atomic mass is 10.1. The molecule has 0 aliphatic rings. The van der Waals surface area contributed by atoms with Crippen LogP contribution in [0.2, 0.25) is 0 Å². The number of H-pyrrole nitrogens is 1. The maximum absolute atomic E-state index is 11.8. The number of hydrogen-bond donors (Lipinski definition) is 2. The molecular formula is C17H20N2OS. The molecule has 0 atom stereocenters. The molecule has 4 heteroatoms. The van der Waals surface area contributed by atoms with Crippen molar-refractivity contribution in [3.63, 3.8) is 0 Å². The first-order chi connectivity index (χ1) is 10.2. The van der Waals surface area contributed by atoms with Gasteiger partial charge in [-0.3, -0.25) is 4.79 Å². The van der Waals surface area contributed by atoms with Crippen LogP contribution in [0.5, 0.6) is 0 Å². The summed E-state index contributed by atoms with van der Waals surface area (Å²) in [6.45, 7) is 5.74. The van der Waals surface area contributed by atoms with Crippen LogP contribution < -0.4 is 5.32 Å². The van der Waals surface area contributed by atoms with Gasteiger partial charge in [0, 0.05) is 23.5 Å². The Balaban J connectivity index is 1.79. The van der Waals surface area contributed by atoms with Crippen LogP contribution in [0, 0.1) is 0 Å². The van der Waals surface area contributed by atoms with Crippen LogP contribution in [-0.4, -0.2) is 10.9 Å². The smallest absolute Gasteiger partial charge is 0.224 e. The zero-order valence-electron chi connectivity index (χ0n) is 12.2. The number of carbonyl (C=O) groups is 1. The van der Waals surface area contributed by atoms with Crippen molar-refractivity contribution in [3.8, 4) is 0 Å². The van der Waals surface area contributed by atoms with Crippen LogP contribution in [0.4, 0.5) is 0 Å². The molecular weight excluding hydrogens is 280 g/mol. The van der Waals surface area contributed by atoms with Gasteiger partial charge in [-0.1, -0.05) is 42.6 Å². The van der Waals surface area contributed by atoms with Crippen LogP contribution in [0.15, 0.2) is 53.6 Å². The zero-order valence-corrected chi connectivity index (χ0v) is 13.0. The van der Waals surface area contributed by atoms with Crippen LogP contribution in [0.3, 0.4) is 0 Å². The maximum Gasteiger partial charge on any atom is 0.224 e. The number of aryl methyl sites for hydroxylation is 1. The molecule has 0 radical (unpaired) electrons. The minimum Gasteiger partial charge on any atom is -0.361 e. The molecule has 2 aromatic rings. The predicted molar refractivity (Wildman–Crippen MR) is 90.9 cm³/mol. The molecule has 0 aliphatic carbocycles. The van der Waals surface area contributed by atoms with Crippen molar-refractivity contribution in [3.05, 3.63) is 59.1 Å². The molecule has 3 nitrogen and oxygen atoms in total. The van der Waals surface area contributed by atoms with Gasteiger partial charge in [0.2, 0.25) is 5.91 Å². The fourth-order valence-corrected chi connectivity index (χ4v) is 2.65. The summed E-state index contributed by atoms with van der Waals surface area (Å²) in [6, 6.07) is 8.23. The number of para-hydroxylation sites is 1. The van der Waals surface area contributed by atoms with Gasteiger partial charge < -0.3 is 10.3 Å². The van der Waals surface area contributed by atoms with Crippen molar-refractivity contribution in [2.45, 2.75) is 26.2 Å². The number of allylic oxidation sites excluding steroid dienone is 1. The van der Waals surface area contributed by atoms with Crippen molar-refractivity contribution in [2.24, 2.45) is 0 Å². The molecule has 1 aromatic carbocycles. The lowest BCUT2D eigenvalue weighted by molar-refractivity contribution is -0.120. The van der Waals surface area contributed by atoms with Crippen LogP contribution in [0.25, 0.3) is 10.9 Å². The Hall–Kier alpha value is -1.94. The summed E-state index contributed by atoms with van der Waals surface area (Å²) in [5, 5.41) is 6.61. The van der Waals surface area contributed by atoms with Gasteiger partial charge in [0.05, 0.1) is 5.03 Å². The fourth-order valence-electron chi connectivity index (χ4n) is 2.18. The van der Waals surface area contributed by atoms with E-state index < -0.39 is 0 Å². The summed E-state index contributed by atoms with van der Waals surface area (Å²) < 4.78 is 0. The van der Waals surface area contributed by atoms with Crippen LogP contribution >= 0.6 is 11.8 Å². The van der Waals surface area contributed by atoms with Gasteiger partial charge in [-0.2, -0.15) is 0 Å². The van der Waals surface area contributed by atoms with E-state index in [1.165, 1.54) is 22.7 Å². The third-order valence-corrected chi connectivity index (χ3v) is 3.94. The quantitative estimate of drug-likeness (QED) is 0.798. The van der Waals surface area contributed by atoms with Gasteiger partial charge in [0.1, 0.15) is 0 Å². The summed E-state index contributed by atoms with van der Waals surface area (Å²) in [5.74, 6) is 0.0249. The minimum atomic E-state index is 0.0249. The van der Waals surface area contributed by atoms with E-state index in [2.05, 4.69) is 29.0 Å². The molecule has 0 aliphatic heterocycles. The maximum atomic E-state index is 11.8. The number of rotatable bonds is 7. The molecule has 0 bridgehead atoms. The second-order valence-corrected chi connectivity index (χ2v) is 5.77. The zero-order chi connectivity index (χ0) is 15.1. The summed E-state index contributed by atoms with van der Waals surface area (Å²) >= 11 is 1.43. The summed E-state index contributed by atoms with van der Waals surface area (Å²) in [5.41, 5.74) is 2.41. The molecule has 1 heterocycles. The lowest BCUT2D eigenvalue weighted by Crippen LogP contribution is -2.20. The van der Waals surface area contributed by atoms with Gasteiger partial charge in [-0.25, -0.2) is 0 Å². The highest BCUT2D eigenvalue weighted by Crippen LogP contribution is 2.19. The van der Waals surface area contributed by atoms with E-state index >= 15 is 0 Å². The second-order valence-electron chi connectivity index (χ2n) is 4.77. The Labute approximate surface area is 129 Å². The van der Waals surface area contributed by atoms with E-state index in [0.717, 1.165) is 18.4 Å². The number of nitrogens with one attached hydrogen (secondary N) is 2. The van der Waals surface area contributed by atoms with Crippen molar-refractivity contribution in [2.75, 3.05) is 0 Å². The van der Waals surface area contributed by atoms with E-state index in [9.17, 15) is 4.79 Å². The number of aromatic nitrogens is 1. The molecule has 21 heavy (non-hydrogen) atoms. The highest BCUT2D eigenvalue weighted by molar-refractivity contribution is 8.05. The number of thioether (sulfide) groups is 1. The standard InChI is InChI=1S/C17H20N2OS/c1-3-11-21-13(2)19-17(20)10-6-7-14-12-18-16-9-5-4-8-15(14)16/h3-5,8-9,11-12,18H,2,6-7,10H2,1H3,(H,19,20)/b11-3-. The van der Waals surface area contributed by atoms with E-state index in [1.807, 2.05) is 36.7 Å². The molecule has 110 valence electrons. The van der Waals surface area contributed by atoms with Gasteiger partial charge in [0.25, 0.3) is 0 Å². The fraction of sp³-hybridized carbons (Fsp3) is 0.235. The SMILES string of the molecule is C=C(NC(=O)CCCc1c[nH]c2ccccc12)S/C=C\C. The highest BCUT2D eigenvalue weighted by Gasteiger charge is 2.06. The van der Waals surface area contributed by atoms with Crippen molar-refractivity contribution >= 4 is 28.6 Å². The third-order valence-electron chi connectivity index (χ3n) is 3.15. The first kappa shape index (κ1) is 15.4. The molecule has 0 fully saturated rings. The van der Waals surface area contributed by atoms with Gasteiger partial charge in [0.15, 0.2) is 0 Å². The average molecular weight is 300 g/mol. The molecule has 0 saturated heterocycles.